The molecule has 134 valence electrons. The Hall–Kier alpha value is -1.33. The molecule has 0 heterocycles. The van der Waals surface area contributed by atoms with Gasteiger partial charge in [0.1, 0.15) is 5.78 Å². The quantitative estimate of drug-likeness (QED) is 0.726. The molecule has 0 aromatic carbocycles. The van der Waals surface area contributed by atoms with Gasteiger partial charge in [0.2, 0.25) is 0 Å². The number of aliphatic hydroxyl groups excluding tert-OH is 1. The van der Waals surface area contributed by atoms with Gasteiger partial charge in [0, 0.05) is 42.4 Å². The van der Waals surface area contributed by atoms with Crippen LogP contribution in [0.1, 0.15) is 65.2 Å². The van der Waals surface area contributed by atoms with Crippen LogP contribution >= 0.6 is 0 Å². The molecular formula is C19H29NO4. The van der Waals surface area contributed by atoms with Crippen LogP contribution in [-0.4, -0.2) is 41.1 Å². The van der Waals surface area contributed by atoms with Crippen LogP contribution in [0.2, 0.25) is 0 Å². The highest BCUT2D eigenvalue weighted by Crippen LogP contribution is 2.29. The van der Waals surface area contributed by atoms with Crippen molar-refractivity contribution in [3.05, 3.63) is 11.1 Å². The Morgan fingerprint density at radius 3 is 2.54 bits per heavy atom. The summed E-state index contributed by atoms with van der Waals surface area (Å²) in [5, 5.41) is 13.4. The summed E-state index contributed by atoms with van der Waals surface area (Å²) in [5.41, 5.74) is 0.747. The third-order valence-corrected chi connectivity index (χ3v) is 5.22. The molecule has 24 heavy (non-hydrogen) atoms. The molecule has 2 N–H and O–H groups in total. The first-order chi connectivity index (χ1) is 11.5. The first-order valence-corrected chi connectivity index (χ1v) is 9.21. The Balaban J connectivity index is 2.07. The van der Waals surface area contributed by atoms with Crippen molar-refractivity contribution >= 4 is 17.3 Å². The molecule has 0 spiro atoms. The zero-order valence-corrected chi connectivity index (χ0v) is 14.8. The third-order valence-electron chi connectivity index (χ3n) is 5.22. The van der Waals surface area contributed by atoms with Crippen molar-refractivity contribution in [1.82, 2.24) is 5.32 Å². The van der Waals surface area contributed by atoms with E-state index in [1.165, 1.54) is 0 Å². The van der Waals surface area contributed by atoms with Crippen molar-refractivity contribution in [2.45, 2.75) is 77.4 Å². The molecule has 3 unspecified atom stereocenters. The lowest BCUT2D eigenvalue weighted by Gasteiger charge is -2.28. The van der Waals surface area contributed by atoms with Crippen molar-refractivity contribution in [3.8, 4) is 0 Å². The summed E-state index contributed by atoms with van der Waals surface area (Å²) in [5.74, 6) is -0.356. The molecule has 0 aromatic rings. The van der Waals surface area contributed by atoms with Gasteiger partial charge >= 0.3 is 0 Å². The molecule has 2 fully saturated rings. The maximum atomic E-state index is 12.7. The summed E-state index contributed by atoms with van der Waals surface area (Å²) in [6.07, 6.45) is 3.46. The van der Waals surface area contributed by atoms with Crippen LogP contribution in [0.3, 0.4) is 0 Å². The molecule has 0 bridgehead atoms. The van der Waals surface area contributed by atoms with Crippen molar-refractivity contribution in [3.63, 3.8) is 0 Å². The Kier molecular flexibility index (Phi) is 6.87. The van der Waals surface area contributed by atoms with Gasteiger partial charge in [0.05, 0.1) is 6.10 Å². The fourth-order valence-corrected chi connectivity index (χ4v) is 3.93. The fourth-order valence-electron chi connectivity index (χ4n) is 3.93. The van der Waals surface area contributed by atoms with Gasteiger partial charge in [-0.25, -0.2) is 0 Å². The number of allylic oxidation sites excluding steroid dienone is 1. The highest BCUT2D eigenvalue weighted by molar-refractivity contribution is 6.08. The van der Waals surface area contributed by atoms with Crippen molar-refractivity contribution in [1.29, 1.82) is 0 Å². The van der Waals surface area contributed by atoms with Crippen LogP contribution in [0, 0.1) is 5.92 Å². The van der Waals surface area contributed by atoms with Gasteiger partial charge in [0.15, 0.2) is 11.6 Å². The standard InChI is InChI=1S/C19H29NO4/c1-3-14(19-15(21)6-5-7-16(19)22)18(24)10-12-8-9-13(20-4-2)11-17(12)23/h12-13,15,20-21H,3-11H2,1-2H3/b19-14+. The monoisotopic (exact) mass is 335 g/mol. The average Bonchev–Trinajstić information content (AvgIpc) is 2.54. The summed E-state index contributed by atoms with van der Waals surface area (Å²) < 4.78 is 0. The van der Waals surface area contributed by atoms with Crippen LogP contribution < -0.4 is 5.32 Å². The van der Waals surface area contributed by atoms with Crippen molar-refractivity contribution < 1.29 is 19.5 Å². The lowest BCUT2D eigenvalue weighted by molar-refractivity contribution is -0.129. The lowest BCUT2D eigenvalue weighted by atomic mass is 9.79. The Morgan fingerprint density at radius 1 is 1.21 bits per heavy atom. The molecule has 0 radical (unpaired) electrons. The molecule has 0 aromatic heterocycles. The lowest BCUT2D eigenvalue weighted by Crippen LogP contribution is -2.38. The Bertz CT molecular complexity index is 537. The van der Waals surface area contributed by atoms with E-state index >= 15 is 0 Å². The number of hydrogen-bond donors (Lipinski definition) is 2. The number of rotatable bonds is 6. The van der Waals surface area contributed by atoms with Gasteiger partial charge in [-0.2, -0.15) is 0 Å². The number of Topliss-reactive ketones (excluding diaryl/α,β-unsaturated/α-hetero) is 3. The normalized spacial score (nSPS) is 30.4. The highest BCUT2D eigenvalue weighted by Gasteiger charge is 2.33. The second-order valence-corrected chi connectivity index (χ2v) is 6.90. The zero-order chi connectivity index (χ0) is 17.7. The smallest absolute Gasteiger partial charge is 0.161 e. The molecule has 0 aliphatic heterocycles. The van der Waals surface area contributed by atoms with E-state index in [0.717, 1.165) is 13.0 Å². The van der Waals surface area contributed by atoms with Crippen molar-refractivity contribution in [2.24, 2.45) is 5.92 Å². The van der Waals surface area contributed by atoms with Gasteiger partial charge in [-0.05, 0) is 38.6 Å². The van der Waals surface area contributed by atoms with E-state index in [-0.39, 0.29) is 35.7 Å². The van der Waals surface area contributed by atoms with Crippen LogP contribution in [0.5, 0.6) is 0 Å². The molecule has 0 saturated heterocycles. The SMILES string of the molecule is CCNC1CCC(CC(=O)/C(CC)=C2/C(=O)CCCC2O)C(=O)C1. The summed E-state index contributed by atoms with van der Waals surface area (Å²) in [4.78, 5) is 37.1. The second-order valence-electron chi connectivity index (χ2n) is 6.90. The van der Waals surface area contributed by atoms with Gasteiger partial charge in [-0.15, -0.1) is 0 Å². The molecule has 2 rings (SSSR count). The maximum absolute atomic E-state index is 12.7. The number of carbonyl (C=O) groups excluding carboxylic acids is 3. The molecule has 2 saturated carbocycles. The number of nitrogens with one attached hydrogen (secondary N) is 1. The van der Waals surface area contributed by atoms with Gasteiger partial charge < -0.3 is 10.4 Å². The van der Waals surface area contributed by atoms with E-state index < -0.39 is 6.10 Å². The van der Waals surface area contributed by atoms with Crippen LogP contribution in [-0.2, 0) is 14.4 Å². The minimum atomic E-state index is -0.828. The first kappa shape index (κ1) is 19.0. The van der Waals surface area contributed by atoms with Gasteiger partial charge in [0.25, 0.3) is 0 Å². The third kappa shape index (κ3) is 4.39. The molecule has 3 atom stereocenters. The minimum absolute atomic E-state index is 0.110. The molecule has 5 heteroatoms. The van der Waals surface area contributed by atoms with Gasteiger partial charge in [-0.1, -0.05) is 13.8 Å². The fraction of sp³-hybridized carbons (Fsp3) is 0.737. The molecule has 2 aliphatic rings. The predicted molar refractivity (Wildman–Crippen MR) is 91.6 cm³/mol. The maximum Gasteiger partial charge on any atom is 0.161 e. The number of hydrogen-bond acceptors (Lipinski definition) is 5. The first-order valence-electron chi connectivity index (χ1n) is 9.21. The Morgan fingerprint density at radius 2 is 1.96 bits per heavy atom. The largest absolute Gasteiger partial charge is 0.388 e. The Labute approximate surface area is 143 Å². The summed E-state index contributed by atoms with van der Waals surface area (Å²) in [6, 6.07) is 0.222. The van der Waals surface area contributed by atoms with Crippen LogP contribution in [0.15, 0.2) is 11.1 Å². The molecule has 5 nitrogen and oxygen atoms in total. The average molecular weight is 335 g/mol. The summed E-state index contributed by atoms with van der Waals surface area (Å²) >= 11 is 0. The summed E-state index contributed by atoms with van der Waals surface area (Å²) in [7, 11) is 0. The number of ketones is 3. The minimum Gasteiger partial charge on any atom is -0.388 e. The zero-order valence-electron chi connectivity index (χ0n) is 14.8. The van der Waals surface area contributed by atoms with E-state index in [1.807, 2.05) is 13.8 Å². The van der Waals surface area contributed by atoms with E-state index in [9.17, 15) is 19.5 Å². The van der Waals surface area contributed by atoms with E-state index in [4.69, 9.17) is 0 Å². The topological polar surface area (TPSA) is 83.5 Å². The molecule has 0 amide bonds. The second kappa shape index (κ2) is 8.67. The van der Waals surface area contributed by atoms with E-state index in [0.29, 0.717) is 49.7 Å². The highest BCUT2D eigenvalue weighted by atomic mass is 16.3. The van der Waals surface area contributed by atoms with Crippen LogP contribution in [0.4, 0.5) is 0 Å². The van der Waals surface area contributed by atoms with Crippen molar-refractivity contribution in [2.75, 3.05) is 6.54 Å². The molecular weight excluding hydrogens is 306 g/mol. The van der Waals surface area contributed by atoms with Crippen LogP contribution in [0.25, 0.3) is 0 Å². The van der Waals surface area contributed by atoms with Gasteiger partial charge in [-0.3, -0.25) is 14.4 Å². The van der Waals surface area contributed by atoms with E-state index in [1.54, 1.807) is 0 Å². The summed E-state index contributed by atoms with van der Waals surface area (Å²) in [6.45, 7) is 4.69. The number of carbonyl (C=O) groups is 3. The number of aliphatic hydroxyl groups is 1. The molecule has 2 aliphatic carbocycles. The predicted octanol–water partition coefficient (Wildman–Crippen LogP) is 2.11. The van der Waals surface area contributed by atoms with E-state index in [2.05, 4.69) is 5.32 Å².